The van der Waals surface area contributed by atoms with Gasteiger partial charge in [0.25, 0.3) is 5.91 Å². The Labute approximate surface area is 200 Å². The first-order chi connectivity index (χ1) is 15.9. The normalized spacial score (nSPS) is 17.4. The molecule has 3 aromatic rings. The van der Waals surface area contributed by atoms with Gasteiger partial charge in [-0.05, 0) is 74.7 Å². The maximum absolute atomic E-state index is 13.7. The molecule has 0 aliphatic carbocycles. The van der Waals surface area contributed by atoms with Crippen LogP contribution in [0.15, 0.2) is 67.0 Å². The van der Waals surface area contributed by atoms with Crippen LogP contribution in [0.1, 0.15) is 54.6 Å². The molecular weight excluding hydrogens is 434 g/mol. The van der Waals surface area contributed by atoms with Crippen LogP contribution in [0.3, 0.4) is 0 Å². The number of nitrogens with zero attached hydrogens (tertiary/aromatic N) is 3. The molecule has 0 N–H and O–H groups in total. The van der Waals surface area contributed by atoms with E-state index in [4.69, 9.17) is 11.6 Å². The number of halogens is 1. The fraction of sp³-hybridized carbons (Fsp3) is 0.296. The molecule has 0 spiro atoms. The molecular formula is C27H28ClN3O2. The predicted molar refractivity (Wildman–Crippen MR) is 133 cm³/mol. The first-order valence-corrected chi connectivity index (χ1v) is 11.8. The fourth-order valence-electron chi connectivity index (χ4n) is 4.54. The molecule has 0 radical (unpaired) electrons. The van der Waals surface area contributed by atoms with Gasteiger partial charge in [-0.2, -0.15) is 0 Å². The van der Waals surface area contributed by atoms with Crippen LogP contribution in [0.25, 0.3) is 0 Å². The van der Waals surface area contributed by atoms with Crippen molar-refractivity contribution in [3.05, 3.63) is 88.7 Å². The highest BCUT2D eigenvalue weighted by molar-refractivity contribution is 6.30. The summed E-state index contributed by atoms with van der Waals surface area (Å²) in [4.78, 5) is 35.1. The number of fused-ring (bicyclic) bond motifs is 1. The zero-order valence-electron chi connectivity index (χ0n) is 19.2. The lowest BCUT2D eigenvalue weighted by Crippen LogP contribution is -2.47. The highest BCUT2D eigenvalue weighted by Gasteiger charge is 2.39. The van der Waals surface area contributed by atoms with Gasteiger partial charge < -0.3 is 9.80 Å². The van der Waals surface area contributed by atoms with Gasteiger partial charge in [0.1, 0.15) is 0 Å². The van der Waals surface area contributed by atoms with Gasteiger partial charge in [-0.1, -0.05) is 30.7 Å². The molecule has 0 unspecified atom stereocenters. The first kappa shape index (κ1) is 23.0. The standard InChI is InChI=1S/C27H28ClN3O2/c1-4-19-6-8-20(9-7-19)26(32)31-18(3)16-23(24-17-29-15-14-25(24)31)27(33)30(5-2)22-12-10-21(28)11-13-22/h6-15,17-18,23H,4-5,16H2,1-3H3/t18-,23-/m0/s1. The second-order valence-corrected chi connectivity index (χ2v) is 8.79. The van der Waals surface area contributed by atoms with Crippen molar-refractivity contribution in [1.82, 2.24) is 4.98 Å². The highest BCUT2D eigenvalue weighted by Crippen LogP contribution is 2.40. The van der Waals surface area contributed by atoms with Crippen molar-refractivity contribution in [2.45, 2.75) is 45.6 Å². The molecule has 2 heterocycles. The van der Waals surface area contributed by atoms with Crippen LogP contribution in [0.4, 0.5) is 11.4 Å². The number of benzene rings is 2. The Kier molecular flexibility index (Phi) is 6.80. The summed E-state index contributed by atoms with van der Waals surface area (Å²) in [6.45, 7) is 6.58. The summed E-state index contributed by atoms with van der Waals surface area (Å²) < 4.78 is 0. The second-order valence-electron chi connectivity index (χ2n) is 8.36. The molecule has 6 heteroatoms. The van der Waals surface area contributed by atoms with E-state index < -0.39 is 0 Å². The molecule has 2 aromatic carbocycles. The van der Waals surface area contributed by atoms with E-state index in [-0.39, 0.29) is 23.8 Å². The van der Waals surface area contributed by atoms with Crippen LogP contribution in [0.5, 0.6) is 0 Å². The molecule has 1 aliphatic heterocycles. The number of likely N-dealkylation sites (N-methyl/N-ethyl adjacent to an activating group) is 1. The third-order valence-corrected chi connectivity index (χ3v) is 6.58. The molecule has 1 aliphatic rings. The zero-order chi connectivity index (χ0) is 23.5. The van der Waals surface area contributed by atoms with Crippen molar-refractivity contribution < 1.29 is 9.59 Å². The van der Waals surface area contributed by atoms with Gasteiger partial charge in [-0.3, -0.25) is 14.6 Å². The quantitative estimate of drug-likeness (QED) is 0.477. The lowest BCUT2D eigenvalue weighted by Gasteiger charge is -2.40. The number of aryl methyl sites for hydroxylation is 1. The van der Waals surface area contributed by atoms with Crippen molar-refractivity contribution in [1.29, 1.82) is 0 Å². The van der Waals surface area contributed by atoms with E-state index in [2.05, 4.69) is 11.9 Å². The molecule has 4 rings (SSSR count). The van der Waals surface area contributed by atoms with E-state index in [1.807, 2.05) is 56.3 Å². The molecule has 2 atom stereocenters. The molecule has 0 bridgehead atoms. The van der Waals surface area contributed by atoms with Gasteiger partial charge in [0.15, 0.2) is 0 Å². The van der Waals surface area contributed by atoms with Gasteiger partial charge in [0.2, 0.25) is 5.91 Å². The molecule has 0 saturated heterocycles. The number of pyridine rings is 1. The molecule has 33 heavy (non-hydrogen) atoms. The number of carbonyl (C=O) groups excluding carboxylic acids is 2. The van der Waals surface area contributed by atoms with Gasteiger partial charge in [-0.25, -0.2) is 0 Å². The number of amides is 2. The Hall–Kier alpha value is -3.18. The van der Waals surface area contributed by atoms with E-state index in [0.717, 1.165) is 23.4 Å². The summed E-state index contributed by atoms with van der Waals surface area (Å²) >= 11 is 6.04. The summed E-state index contributed by atoms with van der Waals surface area (Å²) in [7, 11) is 0. The summed E-state index contributed by atoms with van der Waals surface area (Å²) in [6.07, 6.45) is 4.85. The van der Waals surface area contributed by atoms with Crippen LogP contribution in [-0.4, -0.2) is 29.4 Å². The van der Waals surface area contributed by atoms with Gasteiger partial charge >= 0.3 is 0 Å². The molecule has 2 amide bonds. The zero-order valence-corrected chi connectivity index (χ0v) is 19.9. The Balaban J connectivity index is 1.68. The minimum Gasteiger partial charge on any atom is -0.312 e. The SMILES string of the molecule is CCc1ccc(C(=O)N2c3ccncc3[C@@H](C(=O)N(CC)c3ccc(Cl)cc3)C[C@@H]2C)cc1. The number of hydrogen-bond donors (Lipinski definition) is 0. The Bertz CT molecular complexity index is 1140. The maximum atomic E-state index is 13.7. The van der Waals surface area contributed by atoms with E-state index in [1.54, 1.807) is 34.3 Å². The van der Waals surface area contributed by atoms with E-state index >= 15 is 0 Å². The number of aromatic nitrogens is 1. The monoisotopic (exact) mass is 461 g/mol. The highest BCUT2D eigenvalue weighted by atomic mass is 35.5. The average molecular weight is 462 g/mol. The van der Waals surface area contributed by atoms with Crippen LogP contribution >= 0.6 is 11.6 Å². The molecule has 0 fully saturated rings. The Morgan fingerprint density at radius 3 is 2.39 bits per heavy atom. The third kappa shape index (κ3) is 4.51. The minimum absolute atomic E-state index is 0.000296. The number of anilines is 2. The molecule has 1 aromatic heterocycles. The molecule has 5 nitrogen and oxygen atoms in total. The van der Waals surface area contributed by atoms with Gasteiger partial charge in [0.05, 0.1) is 11.6 Å². The molecule has 0 saturated carbocycles. The van der Waals surface area contributed by atoms with E-state index in [1.165, 1.54) is 5.56 Å². The van der Waals surface area contributed by atoms with Gasteiger partial charge in [-0.15, -0.1) is 0 Å². The largest absolute Gasteiger partial charge is 0.312 e. The number of rotatable bonds is 5. The summed E-state index contributed by atoms with van der Waals surface area (Å²) in [6, 6.07) is 16.7. The van der Waals surface area contributed by atoms with Crippen molar-refractivity contribution in [2.24, 2.45) is 0 Å². The first-order valence-electron chi connectivity index (χ1n) is 11.4. The topological polar surface area (TPSA) is 53.5 Å². The van der Waals surface area contributed by atoms with Gasteiger partial charge in [0, 0.05) is 46.8 Å². The number of hydrogen-bond acceptors (Lipinski definition) is 3. The summed E-state index contributed by atoms with van der Waals surface area (Å²) in [5.41, 5.74) is 4.17. The molecule has 170 valence electrons. The third-order valence-electron chi connectivity index (χ3n) is 6.33. The summed E-state index contributed by atoms with van der Waals surface area (Å²) in [5, 5.41) is 0.629. The van der Waals surface area contributed by atoms with Crippen molar-refractivity contribution in [3.8, 4) is 0 Å². The Morgan fingerprint density at radius 1 is 1.06 bits per heavy atom. The lowest BCUT2D eigenvalue weighted by molar-refractivity contribution is -0.120. The number of carbonyl (C=O) groups is 2. The summed E-state index contributed by atoms with van der Waals surface area (Å²) in [5.74, 6) is -0.445. The predicted octanol–water partition coefficient (Wildman–Crippen LogP) is 5.87. The van der Waals surface area contributed by atoms with E-state index in [9.17, 15) is 9.59 Å². The van der Waals surface area contributed by atoms with Crippen LogP contribution in [0, 0.1) is 0 Å². The minimum atomic E-state index is -0.383. The van der Waals surface area contributed by atoms with Crippen LogP contribution < -0.4 is 9.80 Å². The smallest absolute Gasteiger partial charge is 0.258 e. The van der Waals surface area contributed by atoms with E-state index in [0.29, 0.717) is 23.6 Å². The second kappa shape index (κ2) is 9.75. The van der Waals surface area contributed by atoms with Crippen LogP contribution in [0.2, 0.25) is 5.02 Å². The lowest BCUT2D eigenvalue weighted by atomic mass is 9.85. The van der Waals surface area contributed by atoms with Crippen molar-refractivity contribution in [2.75, 3.05) is 16.3 Å². The van der Waals surface area contributed by atoms with Crippen molar-refractivity contribution in [3.63, 3.8) is 0 Å². The fourth-order valence-corrected chi connectivity index (χ4v) is 4.66. The Morgan fingerprint density at radius 2 is 1.76 bits per heavy atom. The maximum Gasteiger partial charge on any atom is 0.258 e. The average Bonchev–Trinajstić information content (AvgIpc) is 2.84. The van der Waals surface area contributed by atoms with Crippen molar-refractivity contribution >= 4 is 34.8 Å². The van der Waals surface area contributed by atoms with Crippen LogP contribution in [-0.2, 0) is 11.2 Å².